The largest absolute Gasteiger partial charge is 0.497 e. The Labute approximate surface area is 488 Å². The summed E-state index contributed by atoms with van der Waals surface area (Å²) in [5, 5.41) is 20.6. The highest BCUT2D eigenvalue weighted by Crippen LogP contribution is 2.33. The molecule has 5 atom stereocenters. The highest BCUT2D eigenvalue weighted by Gasteiger charge is 2.41. The van der Waals surface area contributed by atoms with Crippen molar-refractivity contribution >= 4 is 51.1 Å². The highest BCUT2D eigenvalue weighted by atomic mass is 32.2. The third-order valence-corrected chi connectivity index (χ3v) is 16.8. The molecule has 4 amide bonds. The molecule has 1 aliphatic rings. The van der Waals surface area contributed by atoms with Crippen LogP contribution in [0.4, 0.5) is 5.69 Å². The SMILES string of the molecule is CCC(C)(C)C(=O)C(=O)N1CCCC[C@H]1C(=O)O[C@H](CCc1ccc(OC)c(OC)c1)c1cccc(NC(=O)CCC(=O)NC(Cc2ccccc2)C(=O)N[C@H](Cc2ccccc2)[C@@H](O)CN(CC(C)C)S(=O)(=O)c2ccc(OC)cc2)c1. The van der Waals surface area contributed by atoms with Crippen molar-refractivity contribution in [2.75, 3.05) is 46.3 Å². The summed E-state index contributed by atoms with van der Waals surface area (Å²) >= 11 is 0. The average molecular weight is 1160 g/mol. The number of amides is 4. The number of hydrogen-bond acceptors (Lipinski definition) is 13. The van der Waals surface area contributed by atoms with Gasteiger partial charge in [0.15, 0.2) is 11.5 Å². The quantitative estimate of drug-likeness (QED) is 0.0251. The summed E-state index contributed by atoms with van der Waals surface area (Å²) in [5.74, 6) is -2.24. The zero-order valence-electron chi connectivity index (χ0n) is 48.9. The van der Waals surface area contributed by atoms with Gasteiger partial charge in [-0.15, -0.1) is 0 Å². The molecule has 1 fully saturated rings. The van der Waals surface area contributed by atoms with Gasteiger partial charge in [-0.2, -0.15) is 4.31 Å². The van der Waals surface area contributed by atoms with E-state index in [4.69, 9.17) is 18.9 Å². The highest BCUT2D eigenvalue weighted by molar-refractivity contribution is 7.89. The molecular formula is C64H81N5O13S. The van der Waals surface area contributed by atoms with Gasteiger partial charge in [-0.1, -0.05) is 113 Å². The van der Waals surface area contributed by atoms with Gasteiger partial charge in [-0.05, 0) is 122 Å². The Bertz CT molecular complexity index is 3090. The number of Topliss-reactive ketones (excluding diaryl/α,β-unsaturated/α-hetero) is 1. The van der Waals surface area contributed by atoms with E-state index >= 15 is 0 Å². The van der Waals surface area contributed by atoms with Gasteiger partial charge in [0.25, 0.3) is 5.91 Å². The number of carbonyl (C=O) groups excluding carboxylic acids is 6. The summed E-state index contributed by atoms with van der Waals surface area (Å²) in [7, 11) is 0.432. The second kappa shape index (κ2) is 30.6. The molecule has 0 bridgehead atoms. The average Bonchev–Trinajstić information content (AvgIpc) is 3.69. The van der Waals surface area contributed by atoms with Crippen LogP contribution in [0.3, 0.4) is 0 Å². The van der Waals surface area contributed by atoms with E-state index in [1.807, 2.05) is 81.4 Å². The minimum absolute atomic E-state index is 0.0120. The maximum atomic E-state index is 14.5. The smallest absolute Gasteiger partial charge is 0.329 e. The van der Waals surface area contributed by atoms with E-state index in [0.717, 1.165) is 16.7 Å². The van der Waals surface area contributed by atoms with E-state index in [0.29, 0.717) is 60.6 Å². The Hall–Kier alpha value is -7.61. The van der Waals surface area contributed by atoms with Crippen LogP contribution < -0.4 is 30.2 Å². The molecule has 18 nitrogen and oxygen atoms in total. The van der Waals surface area contributed by atoms with Gasteiger partial charge in [0.1, 0.15) is 23.9 Å². The molecule has 0 saturated carbocycles. The third kappa shape index (κ3) is 18.4. The molecule has 5 aromatic rings. The molecule has 6 rings (SSSR count). The number of rotatable bonds is 30. The molecule has 1 aliphatic heterocycles. The Kier molecular flexibility index (Phi) is 23.8. The van der Waals surface area contributed by atoms with Crippen LogP contribution in [-0.2, 0) is 62.8 Å². The predicted molar refractivity (Wildman–Crippen MR) is 316 cm³/mol. The number of nitrogens with zero attached hydrogens (tertiary/aromatic N) is 2. The molecule has 1 heterocycles. The van der Waals surface area contributed by atoms with Crippen LogP contribution in [0.5, 0.6) is 17.2 Å². The molecule has 0 aromatic heterocycles. The van der Waals surface area contributed by atoms with Crippen molar-refractivity contribution in [3.05, 3.63) is 150 Å². The van der Waals surface area contributed by atoms with Gasteiger partial charge < -0.3 is 44.9 Å². The van der Waals surface area contributed by atoms with Crippen LogP contribution in [0.1, 0.15) is 108 Å². The zero-order chi connectivity index (χ0) is 60.3. The number of methoxy groups -OCH3 is 3. The van der Waals surface area contributed by atoms with E-state index in [9.17, 15) is 42.3 Å². The lowest BCUT2D eigenvalue weighted by Gasteiger charge is -2.36. The summed E-state index contributed by atoms with van der Waals surface area (Å²) in [6.45, 7) is 8.96. The second-order valence-corrected chi connectivity index (χ2v) is 23.9. The molecule has 83 heavy (non-hydrogen) atoms. The van der Waals surface area contributed by atoms with Crippen LogP contribution in [-0.4, -0.2) is 123 Å². The number of aryl methyl sites for hydroxylation is 1. The number of ketones is 1. The van der Waals surface area contributed by atoms with Crippen molar-refractivity contribution in [2.24, 2.45) is 11.3 Å². The van der Waals surface area contributed by atoms with Gasteiger partial charge in [0.2, 0.25) is 33.5 Å². The summed E-state index contributed by atoms with van der Waals surface area (Å²) in [5.41, 5.74) is 2.35. The van der Waals surface area contributed by atoms with E-state index in [1.54, 1.807) is 75.6 Å². The van der Waals surface area contributed by atoms with Crippen molar-refractivity contribution in [1.29, 1.82) is 0 Å². The minimum atomic E-state index is -4.13. The van der Waals surface area contributed by atoms with Crippen molar-refractivity contribution in [3.63, 3.8) is 0 Å². The fourth-order valence-corrected chi connectivity index (χ4v) is 11.4. The van der Waals surface area contributed by atoms with Crippen molar-refractivity contribution in [2.45, 2.75) is 134 Å². The lowest BCUT2D eigenvalue weighted by molar-refractivity contribution is -0.164. The summed E-state index contributed by atoms with van der Waals surface area (Å²) in [6, 6.07) is 33.3. The van der Waals surface area contributed by atoms with Crippen LogP contribution >= 0.6 is 0 Å². The van der Waals surface area contributed by atoms with Crippen molar-refractivity contribution in [3.8, 4) is 17.2 Å². The number of carbonyl (C=O) groups is 6. The molecule has 4 N–H and O–H groups in total. The summed E-state index contributed by atoms with van der Waals surface area (Å²) < 4.78 is 52.0. The number of esters is 1. The Morgan fingerprint density at radius 1 is 0.723 bits per heavy atom. The Morgan fingerprint density at radius 3 is 2.00 bits per heavy atom. The van der Waals surface area contributed by atoms with Crippen LogP contribution in [0.2, 0.25) is 0 Å². The van der Waals surface area contributed by atoms with Crippen LogP contribution in [0.25, 0.3) is 0 Å². The van der Waals surface area contributed by atoms with Crippen LogP contribution in [0.15, 0.2) is 132 Å². The maximum Gasteiger partial charge on any atom is 0.329 e. The first-order valence-corrected chi connectivity index (χ1v) is 29.8. The fourth-order valence-electron chi connectivity index (χ4n) is 9.78. The first-order valence-electron chi connectivity index (χ1n) is 28.3. The first-order chi connectivity index (χ1) is 39.6. The van der Waals surface area contributed by atoms with E-state index < -0.39 is 81.2 Å². The van der Waals surface area contributed by atoms with Crippen molar-refractivity contribution < 1.29 is 61.2 Å². The molecule has 5 aromatic carbocycles. The number of benzene rings is 5. The van der Waals surface area contributed by atoms with Gasteiger partial charge in [0.05, 0.1) is 38.4 Å². The lowest BCUT2D eigenvalue weighted by Crippen LogP contribution is -2.56. The van der Waals surface area contributed by atoms with Gasteiger partial charge >= 0.3 is 5.97 Å². The molecule has 1 saturated heterocycles. The number of aliphatic hydroxyl groups excluding tert-OH is 1. The lowest BCUT2D eigenvalue weighted by atomic mass is 9.84. The second-order valence-electron chi connectivity index (χ2n) is 22.0. The van der Waals surface area contributed by atoms with E-state index in [-0.39, 0.29) is 62.6 Å². The standard InChI is InChI=1S/C64H81N5O13S/c1-9-64(4,5)60(73)62(75)69-36-17-16-25-53(69)63(76)82-55(32-26-46-27-33-56(80-7)57(39-46)81-8)47-23-18-24-48(40-47)65-58(71)34-35-59(72)66-52(38-45-21-14-11-15-22-45)61(74)67-51(37-44-19-12-10-13-20-44)54(70)42-68(41-43(2)3)83(77,78)50-30-28-49(79-6)29-31-50/h10-15,18-24,27-31,33,39-40,43,51-55,70H,9,16-17,25-26,32,34-38,41-42H2,1-8H3,(H,65,71)(H,66,72)(H,67,74)/t51-,52?,53+,54+,55-/m1/s1. The molecule has 19 heteroatoms. The van der Waals surface area contributed by atoms with Gasteiger partial charge in [0, 0.05) is 50.0 Å². The number of anilines is 1. The Morgan fingerprint density at radius 2 is 1.37 bits per heavy atom. The third-order valence-electron chi connectivity index (χ3n) is 14.9. The maximum absolute atomic E-state index is 14.5. The number of likely N-dealkylation sites (tertiary alicyclic amines) is 1. The van der Waals surface area contributed by atoms with E-state index in [1.165, 1.54) is 35.6 Å². The molecular weight excluding hydrogens is 1080 g/mol. The van der Waals surface area contributed by atoms with E-state index in [2.05, 4.69) is 16.0 Å². The molecule has 0 spiro atoms. The zero-order valence-corrected chi connectivity index (χ0v) is 49.7. The topological polar surface area (TPSA) is 236 Å². The monoisotopic (exact) mass is 1160 g/mol. The van der Waals surface area contributed by atoms with Crippen LogP contribution in [0, 0.1) is 11.3 Å². The van der Waals surface area contributed by atoms with Crippen molar-refractivity contribution in [1.82, 2.24) is 19.8 Å². The fraction of sp³-hybridized carbons (Fsp3) is 0.438. The predicted octanol–water partition coefficient (Wildman–Crippen LogP) is 8.20. The first kappa shape index (κ1) is 64.6. The Balaban J connectivity index is 1.17. The summed E-state index contributed by atoms with van der Waals surface area (Å²) in [4.78, 5) is 84.7. The molecule has 0 aliphatic carbocycles. The number of piperidine rings is 1. The molecule has 1 unspecified atom stereocenters. The summed E-state index contributed by atoms with van der Waals surface area (Å²) in [6.07, 6.45) is 0.0789. The van der Waals surface area contributed by atoms with Gasteiger partial charge in [-0.25, -0.2) is 13.2 Å². The number of ether oxygens (including phenoxy) is 4. The normalized spacial score (nSPS) is 15.1. The number of nitrogens with one attached hydrogen (secondary N) is 3. The molecule has 446 valence electrons. The number of aliphatic hydroxyl groups is 1. The molecule has 0 radical (unpaired) electrons. The number of sulfonamides is 1. The number of hydrogen-bond donors (Lipinski definition) is 4. The van der Waals surface area contributed by atoms with Gasteiger partial charge in [-0.3, -0.25) is 24.0 Å². The minimum Gasteiger partial charge on any atom is -0.497 e.